The zero-order valence-electron chi connectivity index (χ0n) is 8.88. The monoisotopic (exact) mass is 230 g/mol. The average Bonchev–Trinajstić information content (AvgIpc) is 2.24. The van der Waals surface area contributed by atoms with Gasteiger partial charge in [0.2, 0.25) is 0 Å². The molecule has 0 amide bonds. The highest BCUT2D eigenvalue weighted by atomic mass is 19.4. The molecule has 5 heteroatoms. The van der Waals surface area contributed by atoms with Crippen molar-refractivity contribution in [3.05, 3.63) is 36.0 Å². The zero-order chi connectivity index (χ0) is 12.0. The van der Waals surface area contributed by atoms with Crippen molar-refractivity contribution in [2.45, 2.75) is 19.5 Å². The minimum atomic E-state index is -4.36. The van der Waals surface area contributed by atoms with E-state index in [0.29, 0.717) is 13.0 Å². The molecule has 0 aliphatic rings. The van der Waals surface area contributed by atoms with Gasteiger partial charge in [-0.2, -0.15) is 13.2 Å². The van der Waals surface area contributed by atoms with Gasteiger partial charge in [0.15, 0.2) is 0 Å². The van der Waals surface area contributed by atoms with E-state index in [2.05, 4.69) is 10.3 Å². The van der Waals surface area contributed by atoms with E-state index >= 15 is 0 Å². The Bertz CT molecular complexity index is 358. The van der Waals surface area contributed by atoms with Crippen molar-refractivity contribution in [2.24, 2.45) is 0 Å². The summed E-state index contributed by atoms with van der Waals surface area (Å²) in [6.07, 6.45) is 1.38. The van der Waals surface area contributed by atoms with Crippen LogP contribution in [0.25, 0.3) is 0 Å². The maximum Gasteiger partial charge on any atom is 0.419 e. The predicted molar refractivity (Wildman–Crippen MR) is 57.2 cm³/mol. The number of anilines is 1. The highest BCUT2D eigenvalue weighted by molar-refractivity contribution is 5.45. The van der Waals surface area contributed by atoms with Gasteiger partial charge in [0.05, 0.1) is 5.56 Å². The molecule has 0 aliphatic heterocycles. The number of alkyl halides is 3. The number of hydrogen-bond acceptors (Lipinski definition) is 2. The molecule has 0 saturated carbocycles. The number of allylic oxidation sites excluding steroid dienone is 1. The molecular weight excluding hydrogens is 217 g/mol. The fourth-order valence-electron chi connectivity index (χ4n) is 1.22. The lowest BCUT2D eigenvalue weighted by Gasteiger charge is -2.12. The molecule has 2 nitrogen and oxygen atoms in total. The van der Waals surface area contributed by atoms with E-state index in [1.54, 1.807) is 0 Å². The molecule has 0 spiro atoms. The summed E-state index contributed by atoms with van der Waals surface area (Å²) in [5.41, 5.74) is -0.726. The van der Waals surface area contributed by atoms with Crippen LogP contribution in [0.4, 0.5) is 19.0 Å². The summed E-state index contributed by atoms with van der Waals surface area (Å²) in [5.74, 6) is -0.112. The Morgan fingerprint density at radius 1 is 1.44 bits per heavy atom. The van der Waals surface area contributed by atoms with Crippen LogP contribution >= 0.6 is 0 Å². The van der Waals surface area contributed by atoms with Gasteiger partial charge in [0.1, 0.15) is 5.82 Å². The third-order valence-corrected chi connectivity index (χ3v) is 1.95. The van der Waals surface area contributed by atoms with Crippen molar-refractivity contribution in [2.75, 3.05) is 11.9 Å². The Kier molecular flexibility index (Phi) is 4.34. The summed E-state index contributed by atoms with van der Waals surface area (Å²) in [6.45, 7) is 2.30. The van der Waals surface area contributed by atoms with E-state index in [1.807, 2.05) is 19.1 Å². The minimum Gasteiger partial charge on any atom is -0.369 e. The van der Waals surface area contributed by atoms with Gasteiger partial charge in [0.25, 0.3) is 0 Å². The van der Waals surface area contributed by atoms with Gasteiger partial charge in [-0.15, -0.1) is 0 Å². The average molecular weight is 230 g/mol. The van der Waals surface area contributed by atoms with Gasteiger partial charge in [-0.25, -0.2) is 4.98 Å². The summed E-state index contributed by atoms with van der Waals surface area (Å²) in [6, 6.07) is 2.30. The minimum absolute atomic E-state index is 0.112. The Hall–Kier alpha value is -1.52. The first-order valence-corrected chi connectivity index (χ1v) is 4.93. The highest BCUT2D eigenvalue weighted by Crippen LogP contribution is 2.33. The molecular formula is C11H13F3N2. The van der Waals surface area contributed by atoms with E-state index in [-0.39, 0.29) is 5.82 Å². The lowest BCUT2D eigenvalue weighted by atomic mass is 10.2. The molecule has 0 aromatic carbocycles. The van der Waals surface area contributed by atoms with E-state index < -0.39 is 11.7 Å². The van der Waals surface area contributed by atoms with E-state index in [1.165, 1.54) is 12.3 Å². The molecule has 1 heterocycles. The van der Waals surface area contributed by atoms with Gasteiger partial charge < -0.3 is 5.32 Å². The molecule has 0 saturated heterocycles. The van der Waals surface area contributed by atoms with Crippen molar-refractivity contribution in [1.82, 2.24) is 4.98 Å². The number of nitrogens with one attached hydrogen (secondary N) is 1. The van der Waals surface area contributed by atoms with Crippen LogP contribution in [-0.4, -0.2) is 11.5 Å². The van der Waals surface area contributed by atoms with Gasteiger partial charge in [0, 0.05) is 12.7 Å². The topological polar surface area (TPSA) is 24.9 Å². The van der Waals surface area contributed by atoms with Gasteiger partial charge >= 0.3 is 6.18 Å². The van der Waals surface area contributed by atoms with E-state index in [4.69, 9.17) is 0 Å². The SMILES string of the molecule is C/C=C/CCNc1ncccc1C(F)(F)F. The van der Waals surface area contributed by atoms with Crippen molar-refractivity contribution in [3.8, 4) is 0 Å². The van der Waals surface area contributed by atoms with Crippen molar-refractivity contribution in [3.63, 3.8) is 0 Å². The number of rotatable bonds is 4. The third-order valence-electron chi connectivity index (χ3n) is 1.95. The van der Waals surface area contributed by atoms with Crippen molar-refractivity contribution >= 4 is 5.82 Å². The third kappa shape index (κ3) is 3.56. The molecule has 1 aromatic rings. The second-order valence-electron chi connectivity index (χ2n) is 3.18. The van der Waals surface area contributed by atoms with Crippen LogP contribution in [0.15, 0.2) is 30.5 Å². The van der Waals surface area contributed by atoms with Gasteiger partial charge in [-0.1, -0.05) is 12.2 Å². The lowest BCUT2D eigenvalue weighted by Crippen LogP contribution is -2.12. The largest absolute Gasteiger partial charge is 0.419 e. The molecule has 1 N–H and O–H groups in total. The standard InChI is InChI=1S/C11H13F3N2/c1-2-3-4-7-15-10-9(11(12,13)14)6-5-8-16-10/h2-3,5-6,8H,4,7H2,1H3,(H,15,16)/b3-2+. The van der Waals surface area contributed by atoms with Crippen LogP contribution in [-0.2, 0) is 6.18 Å². The maximum atomic E-state index is 12.5. The Morgan fingerprint density at radius 3 is 2.81 bits per heavy atom. The van der Waals surface area contributed by atoms with Crippen LogP contribution in [0.3, 0.4) is 0 Å². The fourth-order valence-corrected chi connectivity index (χ4v) is 1.22. The predicted octanol–water partition coefficient (Wildman–Crippen LogP) is 3.48. The molecule has 1 rings (SSSR count). The molecule has 0 atom stereocenters. The second kappa shape index (κ2) is 5.53. The molecule has 1 aromatic heterocycles. The Labute approximate surface area is 92.2 Å². The van der Waals surface area contributed by atoms with Crippen LogP contribution in [0.1, 0.15) is 18.9 Å². The highest BCUT2D eigenvalue weighted by Gasteiger charge is 2.33. The van der Waals surface area contributed by atoms with Crippen LogP contribution in [0.2, 0.25) is 0 Å². The molecule has 16 heavy (non-hydrogen) atoms. The Balaban J connectivity index is 2.72. The number of hydrogen-bond donors (Lipinski definition) is 1. The van der Waals surface area contributed by atoms with Crippen molar-refractivity contribution < 1.29 is 13.2 Å². The molecule has 0 unspecified atom stereocenters. The zero-order valence-corrected chi connectivity index (χ0v) is 8.88. The van der Waals surface area contributed by atoms with Crippen LogP contribution in [0.5, 0.6) is 0 Å². The fraction of sp³-hybridized carbons (Fsp3) is 0.364. The summed E-state index contributed by atoms with van der Waals surface area (Å²) in [7, 11) is 0. The number of pyridine rings is 1. The molecule has 88 valence electrons. The number of nitrogens with zero attached hydrogens (tertiary/aromatic N) is 1. The lowest BCUT2D eigenvalue weighted by molar-refractivity contribution is -0.137. The summed E-state index contributed by atoms with van der Waals surface area (Å²) in [4.78, 5) is 3.69. The van der Waals surface area contributed by atoms with E-state index in [9.17, 15) is 13.2 Å². The first kappa shape index (κ1) is 12.5. The molecule has 0 bridgehead atoms. The van der Waals surface area contributed by atoms with Crippen LogP contribution < -0.4 is 5.32 Å². The Morgan fingerprint density at radius 2 is 2.19 bits per heavy atom. The first-order valence-electron chi connectivity index (χ1n) is 4.93. The summed E-state index contributed by atoms with van der Waals surface area (Å²) in [5, 5.41) is 2.67. The van der Waals surface area contributed by atoms with Crippen LogP contribution in [0, 0.1) is 0 Å². The number of halogens is 3. The molecule has 0 radical (unpaired) electrons. The summed E-state index contributed by atoms with van der Waals surface area (Å²) >= 11 is 0. The molecule has 0 fully saturated rings. The first-order chi connectivity index (χ1) is 7.55. The number of aromatic nitrogens is 1. The van der Waals surface area contributed by atoms with Crippen molar-refractivity contribution in [1.29, 1.82) is 0 Å². The quantitative estimate of drug-likeness (QED) is 0.632. The summed E-state index contributed by atoms with van der Waals surface area (Å²) < 4.78 is 37.6. The second-order valence-corrected chi connectivity index (χ2v) is 3.18. The maximum absolute atomic E-state index is 12.5. The van der Waals surface area contributed by atoms with E-state index in [0.717, 1.165) is 6.07 Å². The van der Waals surface area contributed by atoms with Gasteiger partial charge in [-0.3, -0.25) is 0 Å². The van der Waals surface area contributed by atoms with Gasteiger partial charge in [-0.05, 0) is 25.5 Å². The molecule has 0 aliphatic carbocycles. The normalized spacial score (nSPS) is 12.0. The smallest absolute Gasteiger partial charge is 0.369 e.